The minimum absolute atomic E-state index is 0.454. The maximum atomic E-state index is 9.47. The van der Waals surface area contributed by atoms with Gasteiger partial charge in [0.05, 0.1) is 15.7 Å². The molecule has 0 unspecified atom stereocenters. The first-order valence-electron chi connectivity index (χ1n) is 7.52. The van der Waals surface area contributed by atoms with Gasteiger partial charge in [-0.2, -0.15) is 0 Å². The predicted octanol–water partition coefficient (Wildman–Crippen LogP) is 4.60. The molecule has 1 saturated heterocycles. The summed E-state index contributed by atoms with van der Waals surface area (Å²) in [6.45, 7) is 2.94. The van der Waals surface area contributed by atoms with Crippen LogP contribution in [0.2, 0.25) is 15.1 Å². The molecule has 4 nitrogen and oxygen atoms in total. The third-order valence-electron chi connectivity index (χ3n) is 4.04. The molecule has 2 aromatic carbocycles. The number of rotatable bonds is 2. The maximum absolute atomic E-state index is 9.47. The van der Waals surface area contributed by atoms with E-state index < -0.39 is 0 Å². The van der Waals surface area contributed by atoms with Crippen LogP contribution in [0.5, 0.6) is 0 Å². The summed E-state index contributed by atoms with van der Waals surface area (Å²) >= 11 is 18.4. The van der Waals surface area contributed by atoms with E-state index in [9.17, 15) is 5.21 Å². The minimum atomic E-state index is 0.454. The van der Waals surface area contributed by atoms with Crippen LogP contribution < -0.4 is 4.90 Å². The Morgan fingerprint density at radius 3 is 2.25 bits per heavy atom. The third-order valence-corrected chi connectivity index (χ3v) is 4.91. The lowest BCUT2D eigenvalue weighted by molar-refractivity contribution is 0.296. The van der Waals surface area contributed by atoms with Crippen molar-refractivity contribution in [3.05, 3.63) is 63.1 Å². The van der Waals surface area contributed by atoms with Crippen LogP contribution in [-0.2, 0) is 0 Å². The molecule has 3 rings (SSSR count). The van der Waals surface area contributed by atoms with Gasteiger partial charge < -0.3 is 15.0 Å². The van der Waals surface area contributed by atoms with E-state index in [4.69, 9.17) is 34.8 Å². The molecular formula is C17H16Cl3N3O. The zero-order valence-electron chi connectivity index (χ0n) is 12.8. The molecule has 2 aromatic rings. The Labute approximate surface area is 155 Å². The molecule has 1 aliphatic rings. The van der Waals surface area contributed by atoms with Crippen LogP contribution in [0, 0.1) is 0 Å². The number of para-hydroxylation sites is 1. The molecule has 0 saturated carbocycles. The molecule has 1 N–H and O–H groups in total. The van der Waals surface area contributed by atoms with Crippen molar-refractivity contribution in [2.75, 3.05) is 31.1 Å². The molecule has 0 spiro atoms. The quantitative estimate of drug-likeness (QED) is 0.356. The number of amidine groups is 1. The lowest BCUT2D eigenvalue weighted by atomic mass is 10.1. The molecule has 0 radical (unpaired) electrons. The lowest BCUT2D eigenvalue weighted by Gasteiger charge is -2.37. The second kappa shape index (κ2) is 7.51. The first-order valence-corrected chi connectivity index (χ1v) is 8.65. The summed E-state index contributed by atoms with van der Waals surface area (Å²) in [7, 11) is 0. The topological polar surface area (TPSA) is 39.1 Å². The number of hydrogen-bond donors (Lipinski definition) is 1. The van der Waals surface area contributed by atoms with Gasteiger partial charge in [-0.1, -0.05) is 52.1 Å². The fourth-order valence-corrected chi connectivity index (χ4v) is 3.57. The molecular weight excluding hydrogens is 369 g/mol. The Bertz CT molecular complexity index is 758. The second-order valence-electron chi connectivity index (χ2n) is 5.47. The molecule has 0 bridgehead atoms. The van der Waals surface area contributed by atoms with Gasteiger partial charge in [0.1, 0.15) is 0 Å². The van der Waals surface area contributed by atoms with Crippen LogP contribution in [0.25, 0.3) is 0 Å². The van der Waals surface area contributed by atoms with Crippen LogP contribution in [0.3, 0.4) is 0 Å². The van der Waals surface area contributed by atoms with E-state index in [1.165, 1.54) is 0 Å². The van der Waals surface area contributed by atoms with Gasteiger partial charge in [-0.3, -0.25) is 0 Å². The fourth-order valence-electron chi connectivity index (χ4n) is 2.83. The van der Waals surface area contributed by atoms with E-state index in [1.54, 1.807) is 18.2 Å². The maximum Gasteiger partial charge on any atom is 0.176 e. The molecule has 126 valence electrons. The van der Waals surface area contributed by atoms with Crippen molar-refractivity contribution in [2.45, 2.75) is 0 Å². The van der Waals surface area contributed by atoms with Crippen molar-refractivity contribution in [1.29, 1.82) is 0 Å². The van der Waals surface area contributed by atoms with Crippen LogP contribution in [-0.4, -0.2) is 42.1 Å². The molecule has 0 aliphatic carbocycles. The summed E-state index contributed by atoms with van der Waals surface area (Å²) in [5.41, 5.74) is 1.68. The molecule has 24 heavy (non-hydrogen) atoms. The first kappa shape index (κ1) is 17.2. The summed E-state index contributed by atoms with van der Waals surface area (Å²) in [4.78, 5) is 4.22. The Balaban J connectivity index is 1.74. The number of hydrogen-bond acceptors (Lipinski definition) is 3. The second-order valence-corrected chi connectivity index (χ2v) is 6.72. The number of nitrogens with zero attached hydrogens (tertiary/aromatic N) is 3. The van der Waals surface area contributed by atoms with Gasteiger partial charge in [-0.05, 0) is 30.3 Å². The van der Waals surface area contributed by atoms with E-state index in [0.29, 0.717) is 34.5 Å². The summed E-state index contributed by atoms with van der Waals surface area (Å²) in [6, 6.07) is 12.9. The molecule has 0 aromatic heterocycles. The number of benzene rings is 2. The van der Waals surface area contributed by atoms with Crippen molar-refractivity contribution < 1.29 is 5.21 Å². The van der Waals surface area contributed by atoms with E-state index in [0.717, 1.165) is 23.8 Å². The predicted molar refractivity (Wildman–Crippen MR) is 100 cm³/mol. The summed E-state index contributed by atoms with van der Waals surface area (Å²) in [5.74, 6) is 0.454. The average molecular weight is 385 g/mol. The molecule has 1 aliphatic heterocycles. The summed E-state index contributed by atoms with van der Waals surface area (Å²) in [5, 5.41) is 14.7. The van der Waals surface area contributed by atoms with E-state index in [2.05, 4.69) is 10.1 Å². The number of anilines is 1. The monoisotopic (exact) mass is 383 g/mol. The van der Waals surface area contributed by atoms with Gasteiger partial charge >= 0.3 is 0 Å². The van der Waals surface area contributed by atoms with E-state index >= 15 is 0 Å². The molecule has 1 fully saturated rings. The van der Waals surface area contributed by atoms with Crippen molar-refractivity contribution in [2.24, 2.45) is 5.16 Å². The van der Waals surface area contributed by atoms with Crippen molar-refractivity contribution >= 4 is 46.3 Å². The summed E-state index contributed by atoms with van der Waals surface area (Å²) < 4.78 is 0. The summed E-state index contributed by atoms with van der Waals surface area (Å²) in [6.07, 6.45) is 0. The largest absolute Gasteiger partial charge is 0.409 e. The zero-order chi connectivity index (χ0) is 17.1. The van der Waals surface area contributed by atoms with Crippen molar-refractivity contribution in [3.63, 3.8) is 0 Å². The standard InChI is InChI=1S/C17H16Cl3N3O/c18-12-5-6-13(15(20)11-12)17(21-24)23-9-7-22(8-10-23)16-4-2-1-3-14(16)19/h1-6,11,24H,7-10H2/b21-17+. The Hall–Kier alpha value is -1.62. The van der Waals surface area contributed by atoms with Gasteiger partial charge in [0.25, 0.3) is 0 Å². The highest BCUT2D eigenvalue weighted by Crippen LogP contribution is 2.27. The number of halogens is 3. The van der Waals surface area contributed by atoms with E-state index in [1.807, 2.05) is 29.2 Å². The lowest BCUT2D eigenvalue weighted by Crippen LogP contribution is -2.49. The van der Waals surface area contributed by atoms with Gasteiger partial charge in [0.2, 0.25) is 0 Å². The van der Waals surface area contributed by atoms with Crippen molar-refractivity contribution in [1.82, 2.24) is 4.90 Å². The smallest absolute Gasteiger partial charge is 0.176 e. The van der Waals surface area contributed by atoms with Crippen LogP contribution in [0.4, 0.5) is 5.69 Å². The highest BCUT2D eigenvalue weighted by Gasteiger charge is 2.23. The first-order chi connectivity index (χ1) is 11.6. The van der Waals surface area contributed by atoms with Gasteiger partial charge in [-0.15, -0.1) is 0 Å². The van der Waals surface area contributed by atoms with Gasteiger partial charge in [0, 0.05) is 36.8 Å². The normalized spacial score (nSPS) is 15.7. The number of oxime groups is 1. The minimum Gasteiger partial charge on any atom is -0.409 e. The Morgan fingerprint density at radius 1 is 0.917 bits per heavy atom. The SMILES string of the molecule is O/N=C(\c1ccc(Cl)cc1Cl)N1CCN(c2ccccc2Cl)CC1. The zero-order valence-corrected chi connectivity index (χ0v) is 15.1. The Morgan fingerprint density at radius 2 is 1.62 bits per heavy atom. The molecule has 1 heterocycles. The average Bonchev–Trinajstić information content (AvgIpc) is 2.58. The van der Waals surface area contributed by atoms with E-state index in [-0.39, 0.29) is 0 Å². The van der Waals surface area contributed by atoms with Crippen LogP contribution in [0.15, 0.2) is 47.6 Å². The highest BCUT2D eigenvalue weighted by atomic mass is 35.5. The van der Waals surface area contributed by atoms with Crippen LogP contribution >= 0.6 is 34.8 Å². The highest BCUT2D eigenvalue weighted by molar-refractivity contribution is 6.37. The van der Waals surface area contributed by atoms with Gasteiger partial charge in [0.15, 0.2) is 5.84 Å². The molecule has 0 amide bonds. The Kier molecular flexibility index (Phi) is 5.39. The van der Waals surface area contributed by atoms with Crippen molar-refractivity contribution in [3.8, 4) is 0 Å². The number of piperazine rings is 1. The van der Waals surface area contributed by atoms with Crippen LogP contribution in [0.1, 0.15) is 5.56 Å². The molecule has 7 heteroatoms. The fraction of sp³-hybridized carbons (Fsp3) is 0.235. The molecule has 0 atom stereocenters. The third kappa shape index (κ3) is 3.56. The van der Waals surface area contributed by atoms with Gasteiger partial charge in [-0.25, -0.2) is 0 Å².